The van der Waals surface area contributed by atoms with E-state index in [1.54, 1.807) is 12.4 Å². The van der Waals surface area contributed by atoms with E-state index in [0.717, 1.165) is 15.1 Å². The fraction of sp³-hybridized carbons (Fsp3) is 0.125. The van der Waals surface area contributed by atoms with Crippen LogP contribution in [0.25, 0.3) is 0 Å². The number of anilines is 1. The maximum absolute atomic E-state index is 4.11. The lowest BCUT2D eigenvalue weighted by Crippen LogP contribution is -2.03. The van der Waals surface area contributed by atoms with Crippen LogP contribution in [0.4, 0.5) is 5.82 Å². The van der Waals surface area contributed by atoms with E-state index in [1.165, 1.54) is 6.33 Å². The molecule has 2 N–H and O–H groups in total. The second-order valence-corrected chi connectivity index (χ2v) is 3.82. The molecule has 0 fully saturated rings. The van der Waals surface area contributed by atoms with Crippen LogP contribution >= 0.6 is 22.6 Å². The van der Waals surface area contributed by atoms with Gasteiger partial charge in [0.05, 0.1) is 15.8 Å². The summed E-state index contributed by atoms with van der Waals surface area (Å²) in [7, 11) is 0. The molecular formula is C8H8IN5. The van der Waals surface area contributed by atoms with Crippen molar-refractivity contribution in [1.29, 1.82) is 0 Å². The van der Waals surface area contributed by atoms with Crippen molar-refractivity contribution in [1.82, 2.24) is 20.2 Å². The van der Waals surface area contributed by atoms with Crippen LogP contribution in [0.1, 0.15) is 5.69 Å². The van der Waals surface area contributed by atoms with Gasteiger partial charge >= 0.3 is 0 Å². The molecule has 2 heterocycles. The normalized spacial score (nSPS) is 10.1. The average molecular weight is 301 g/mol. The molecule has 0 saturated carbocycles. The molecule has 14 heavy (non-hydrogen) atoms. The number of halogens is 1. The average Bonchev–Trinajstić information content (AvgIpc) is 2.69. The zero-order valence-corrected chi connectivity index (χ0v) is 9.39. The van der Waals surface area contributed by atoms with Gasteiger partial charge in [-0.25, -0.2) is 9.97 Å². The Morgan fingerprint density at radius 2 is 2.43 bits per heavy atom. The summed E-state index contributed by atoms with van der Waals surface area (Å²) >= 11 is 2.19. The lowest BCUT2D eigenvalue weighted by Gasteiger charge is -2.04. The number of hydrogen-bond donors (Lipinski definition) is 2. The van der Waals surface area contributed by atoms with E-state index in [1.807, 2.05) is 6.07 Å². The van der Waals surface area contributed by atoms with Gasteiger partial charge in [0.25, 0.3) is 0 Å². The fourth-order valence-corrected chi connectivity index (χ4v) is 1.50. The summed E-state index contributed by atoms with van der Waals surface area (Å²) in [6, 6.07) is 1.92. The first-order valence-electron chi connectivity index (χ1n) is 4.04. The molecule has 2 rings (SSSR count). The Bertz CT molecular complexity index is 400. The Morgan fingerprint density at radius 1 is 1.50 bits per heavy atom. The summed E-state index contributed by atoms with van der Waals surface area (Å²) in [5.41, 5.74) is 1.03. The summed E-state index contributed by atoms with van der Waals surface area (Å²) < 4.78 is 1.00. The lowest BCUT2D eigenvalue weighted by molar-refractivity contribution is 0.969. The standard InChI is InChI=1S/C8H8IN5/c9-7-4-10-5-12-8(7)11-3-6-1-2-13-14-6/h1-2,4-5H,3H2,(H,13,14)(H,10,11,12). The molecule has 5 nitrogen and oxygen atoms in total. The first-order valence-corrected chi connectivity index (χ1v) is 5.12. The highest BCUT2D eigenvalue weighted by atomic mass is 127. The van der Waals surface area contributed by atoms with Crippen molar-refractivity contribution < 1.29 is 0 Å². The van der Waals surface area contributed by atoms with Crippen molar-refractivity contribution in [2.75, 3.05) is 5.32 Å². The number of nitrogens with zero attached hydrogens (tertiary/aromatic N) is 3. The minimum atomic E-state index is 0.688. The highest BCUT2D eigenvalue weighted by molar-refractivity contribution is 14.1. The van der Waals surface area contributed by atoms with Crippen molar-refractivity contribution >= 4 is 28.4 Å². The molecule has 2 aromatic heterocycles. The molecular weight excluding hydrogens is 293 g/mol. The van der Waals surface area contributed by atoms with Gasteiger partial charge in [-0.3, -0.25) is 5.10 Å². The van der Waals surface area contributed by atoms with E-state index in [2.05, 4.69) is 48.1 Å². The zero-order valence-electron chi connectivity index (χ0n) is 7.24. The SMILES string of the molecule is Ic1cncnc1NCc1ccn[nH]1. The quantitative estimate of drug-likeness (QED) is 0.841. The predicted molar refractivity (Wildman–Crippen MR) is 60.7 cm³/mol. The van der Waals surface area contributed by atoms with Gasteiger partial charge in [-0.15, -0.1) is 0 Å². The molecule has 0 bridgehead atoms. The van der Waals surface area contributed by atoms with Crippen molar-refractivity contribution in [2.45, 2.75) is 6.54 Å². The van der Waals surface area contributed by atoms with E-state index in [4.69, 9.17) is 0 Å². The van der Waals surface area contributed by atoms with Crippen molar-refractivity contribution in [2.24, 2.45) is 0 Å². The third-order valence-corrected chi connectivity index (χ3v) is 2.46. The van der Waals surface area contributed by atoms with Crippen molar-refractivity contribution in [3.63, 3.8) is 0 Å². The van der Waals surface area contributed by atoms with E-state index in [-0.39, 0.29) is 0 Å². The molecule has 2 aromatic rings. The molecule has 0 aliphatic rings. The smallest absolute Gasteiger partial charge is 0.143 e. The molecule has 0 unspecified atom stereocenters. The molecule has 6 heteroatoms. The summed E-state index contributed by atoms with van der Waals surface area (Å²) in [6.07, 6.45) is 5.02. The minimum Gasteiger partial charge on any atom is -0.363 e. The van der Waals surface area contributed by atoms with E-state index in [0.29, 0.717) is 6.54 Å². The molecule has 0 spiro atoms. The van der Waals surface area contributed by atoms with Gasteiger partial charge in [-0.1, -0.05) is 0 Å². The van der Waals surface area contributed by atoms with Crippen LogP contribution in [0.3, 0.4) is 0 Å². The van der Waals surface area contributed by atoms with Gasteiger partial charge in [-0.2, -0.15) is 5.10 Å². The van der Waals surface area contributed by atoms with Crippen LogP contribution < -0.4 is 5.32 Å². The Kier molecular flexibility index (Phi) is 2.92. The van der Waals surface area contributed by atoms with Gasteiger partial charge in [0, 0.05) is 12.4 Å². The van der Waals surface area contributed by atoms with Crippen molar-refractivity contribution in [3.8, 4) is 0 Å². The highest BCUT2D eigenvalue weighted by Crippen LogP contribution is 2.12. The molecule has 0 aliphatic heterocycles. The Hall–Kier alpha value is -1.18. The maximum atomic E-state index is 4.11. The third-order valence-electron chi connectivity index (χ3n) is 1.67. The Balaban J connectivity index is 2.02. The van der Waals surface area contributed by atoms with Gasteiger partial charge in [0.2, 0.25) is 0 Å². The summed E-state index contributed by atoms with van der Waals surface area (Å²) in [5.74, 6) is 0.843. The van der Waals surface area contributed by atoms with Crippen LogP contribution in [0.5, 0.6) is 0 Å². The monoisotopic (exact) mass is 301 g/mol. The summed E-state index contributed by atoms with van der Waals surface area (Å²) in [5, 5.41) is 9.91. The Morgan fingerprint density at radius 3 is 3.14 bits per heavy atom. The molecule has 0 saturated heterocycles. The van der Waals surface area contributed by atoms with Gasteiger partial charge in [0.15, 0.2) is 0 Å². The molecule has 0 amide bonds. The number of H-pyrrole nitrogens is 1. The second-order valence-electron chi connectivity index (χ2n) is 2.65. The highest BCUT2D eigenvalue weighted by Gasteiger charge is 2.00. The van der Waals surface area contributed by atoms with Crippen LogP contribution in [0.2, 0.25) is 0 Å². The number of aromatic amines is 1. The number of nitrogens with one attached hydrogen (secondary N) is 2. The molecule has 0 atom stereocenters. The topological polar surface area (TPSA) is 66.5 Å². The third kappa shape index (κ3) is 2.19. The molecule has 72 valence electrons. The predicted octanol–water partition coefficient (Wildman–Crippen LogP) is 1.42. The first-order chi connectivity index (χ1) is 6.86. The molecule has 0 radical (unpaired) electrons. The minimum absolute atomic E-state index is 0.688. The first kappa shape index (κ1) is 9.38. The van der Waals surface area contributed by atoms with E-state index >= 15 is 0 Å². The largest absolute Gasteiger partial charge is 0.363 e. The number of rotatable bonds is 3. The van der Waals surface area contributed by atoms with E-state index < -0.39 is 0 Å². The summed E-state index contributed by atoms with van der Waals surface area (Å²) in [4.78, 5) is 8.02. The number of hydrogen-bond acceptors (Lipinski definition) is 4. The van der Waals surface area contributed by atoms with E-state index in [9.17, 15) is 0 Å². The molecule has 0 aromatic carbocycles. The maximum Gasteiger partial charge on any atom is 0.143 e. The lowest BCUT2D eigenvalue weighted by atomic mass is 10.4. The zero-order chi connectivity index (χ0) is 9.80. The Labute approximate surface area is 94.5 Å². The van der Waals surface area contributed by atoms with Gasteiger partial charge in [-0.05, 0) is 28.7 Å². The van der Waals surface area contributed by atoms with Crippen LogP contribution in [0.15, 0.2) is 24.8 Å². The van der Waals surface area contributed by atoms with Crippen LogP contribution in [-0.2, 0) is 6.54 Å². The van der Waals surface area contributed by atoms with Crippen LogP contribution in [-0.4, -0.2) is 20.2 Å². The van der Waals surface area contributed by atoms with Crippen LogP contribution in [0, 0.1) is 3.57 Å². The van der Waals surface area contributed by atoms with Gasteiger partial charge in [0.1, 0.15) is 12.1 Å². The molecule has 0 aliphatic carbocycles. The summed E-state index contributed by atoms with van der Waals surface area (Å²) in [6.45, 7) is 0.688. The fourth-order valence-electron chi connectivity index (χ4n) is 1.00. The second kappa shape index (κ2) is 4.36. The van der Waals surface area contributed by atoms with Crippen molar-refractivity contribution in [3.05, 3.63) is 34.1 Å². The number of aromatic nitrogens is 4. The van der Waals surface area contributed by atoms with Gasteiger partial charge < -0.3 is 5.32 Å².